The van der Waals surface area contributed by atoms with Crippen molar-refractivity contribution >= 4 is 5.91 Å². The van der Waals surface area contributed by atoms with Crippen LogP contribution in [0.3, 0.4) is 0 Å². The summed E-state index contributed by atoms with van der Waals surface area (Å²) in [5.74, 6) is 0.0394. The van der Waals surface area contributed by atoms with E-state index in [0.29, 0.717) is 13.0 Å². The summed E-state index contributed by atoms with van der Waals surface area (Å²) in [4.78, 5) is 12.1. The molecule has 1 unspecified atom stereocenters. The Morgan fingerprint density at radius 2 is 2.50 bits per heavy atom. The van der Waals surface area contributed by atoms with Crippen molar-refractivity contribution in [1.29, 1.82) is 0 Å². The summed E-state index contributed by atoms with van der Waals surface area (Å²) in [5.41, 5.74) is 0. The lowest BCUT2D eigenvalue weighted by Crippen LogP contribution is -2.19. The number of carbonyl (C=O) groups excluding carboxylic acids is 1. The van der Waals surface area contributed by atoms with Crippen molar-refractivity contribution in [2.45, 2.75) is 12.5 Å². The Bertz CT molecular complexity index is 113. The molecular formula is C5H9NO2. The Balaban J connectivity index is 2.51. The Labute approximate surface area is 47.9 Å². The van der Waals surface area contributed by atoms with Crippen LogP contribution in [0.5, 0.6) is 0 Å². The Hall–Kier alpha value is -0.570. The predicted octanol–water partition coefficient (Wildman–Crippen LogP) is -0.791. The summed E-state index contributed by atoms with van der Waals surface area (Å²) < 4.78 is 0. The molecule has 0 radical (unpaired) electrons. The molecule has 1 rings (SSSR count). The summed E-state index contributed by atoms with van der Waals surface area (Å²) >= 11 is 0. The van der Waals surface area contributed by atoms with Crippen LogP contribution in [0.1, 0.15) is 6.42 Å². The number of likely N-dealkylation sites (tertiary alicyclic amines) is 1. The van der Waals surface area contributed by atoms with E-state index in [1.54, 1.807) is 7.05 Å². The zero-order valence-corrected chi connectivity index (χ0v) is 4.79. The molecule has 1 amide bonds. The third-order valence-corrected chi connectivity index (χ3v) is 1.32. The van der Waals surface area contributed by atoms with E-state index in [2.05, 4.69) is 0 Å². The van der Waals surface area contributed by atoms with Crippen molar-refractivity contribution < 1.29 is 9.90 Å². The van der Waals surface area contributed by atoms with Crippen LogP contribution in [0.4, 0.5) is 0 Å². The van der Waals surface area contributed by atoms with E-state index in [4.69, 9.17) is 5.11 Å². The summed E-state index contributed by atoms with van der Waals surface area (Å²) in [6, 6.07) is 0. The molecule has 46 valence electrons. The quantitative estimate of drug-likeness (QED) is 0.449. The minimum absolute atomic E-state index is 0.0394. The molecule has 1 saturated heterocycles. The van der Waals surface area contributed by atoms with Gasteiger partial charge in [0.1, 0.15) is 0 Å². The zero-order valence-electron chi connectivity index (χ0n) is 4.79. The molecule has 1 aliphatic rings. The fraction of sp³-hybridized carbons (Fsp3) is 0.800. The molecular weight excluding hydrogens is 106 g/mol. The van der Waals surface area contributed by atoms with E-state index in [-0.39, 0.29) is 5.91 Å². The summed E-state index contributed by atoms with van der Waals surface area (Å²) in [7, 11) is 1.69. The van der Waals surface area contributed by atoms with Crippen LogP contribution < -0.4 is 0 Å². The van der Waals surface area contributed by atoms with Crippen molar-refractivity contribution in [3.63, 3.8) is 0 Å². The lowest BCUT2D eigenvalue weighted by Gasteiger charge is -2.04. The van der Waals surface area contributed by atoms with Gasteiger partial charge in [0.15, 0.2) is 0 Å². The van der Waals surface area contributed by atoms with Crippen LogP contribution in [0.25, 0.3) is 0 Å². The minimum Gasteiger partial charge on any atom is -0.391 e. The largest absolute Gasteiger partial charge is 0.391 e. The van der Waals surface area contributed by atoms with Crippen LogP contribution in [-0.2, 0) is 4.79 Å². The number of hydrogen-bond donors (Lipinski definition) is 1. The smallest absolute Gasteiger partial charge is 0.225 e. The molecule has 8 heavy (non-hydrogen) atoms. The fourth-order valence-corrected chi connectivity index (χ4v) is 0.840. The highest BCUT2D eigenvalue weighted by molar-refractivity contribution is 5.78. The van der Waals surface area contributed by atoms with Crippen LogP contribution in [0.2, 0.25) is 0 Å². The van der Waals surface area contributed by atoms with Gasteiger partial charge >= 0.3 is 0 Å². The molecule has 0 aliphatic carbocycles. The molecule has 3 heteroatoms. The molecule has 0 aromatic heterocycles. The molecule has 3 nitrogen and oxygen atoms in total. The molecule has 1 aliphatic heterocycles. The van der Waals surface area contributed by atoms with Crippen molar-refractivity contribution in [1.82, 2.24) is 4.90 Å². The summed E-state index contributed by atoms with van der Waals surface area (Å²) in [5, 5.41) is 8.81. The first-order chi connectivity index (χ1) is 3.70. The first-order valence-corrected chi connectivity index (χ1v) is 2.62. The number of carbonyl (C=O) groups is 1. The van der Waals surface area contributed by atoms with Gasteiger partial charge in [-0.1, -0.05) is 0 Å². The molecule has 1 fully saturated rings. The van der Waals surface area contributed by atoms with Gasteiger partial charge in [0, 0.05) is 13.6 Å². The number of rotatable bonds is 0. The molecule has 0 bridgehead atoms. The molecule has 0 aromatic rings. The van der Waals surface area contributed by atoms with Gasteiger partial charge in [-0.2, -0.15) is 0 Å². The highest BCUT2D eigenvalue weighted by Crippen LogP contribution is 2.06. The first kappa shape index (κ1) is 5.56. The molecule has 1 heterocycles. The van der Waals surface area contributed by atoms with Crippen LogP contribution in [0, 0.1) is 0 Å². The fourth-order valence-electron chi connectivity index (χ4n) is 0.840. The second kappa shape index (κ2) is 1.74. The number of nitrogens with zero attached hydrogens (tertiary/aromatic N) is 1. The van der Waals surface area contributed by atoms with Crippen molar-refractivity contribution in [2.24, 2.45) is 0 Å². The maximum atomic E-state index is 10.6. The van der Waals surface area contributed by atoms with E-state index in [1.807, 2.05) is 0 Å². The van der Waals surface area contributed by atoms with Crippen molar-refractivity contribution in [3.05, 3.63) is 0 Å². The number of likely N-dealkylation sites (N-methyl/N-ethyl adjacent to an activating group) is 1. The second-order valence-corrected chi connectivity index (χ2v) is 2.13. The van der Waals surface area contributed by atoms with Crippen molar-refractivity contribution in [3.8, 4) is 0 Å². The standard InChI is InChI=1S/C5H9NO2/c1-6-3-4(7)2-5(6)8/h4,7H,2-3H2,1H3. The van der Waals surface area contributed by atoms with Crippen LogP contribution in [0.15, 0.2) is 0 Å². The Morgan fingerprint density at radius 1 is 1.88 bits per heavy atom. The van der Waals surface area contributed by atoms with Gasteiger partial charge in [-0.15, -0.1) is 0 Å². The highest BCUT2D eigenvalue weighted by Gasteiger charge is 2.23. The van der Waals surface area contributed by atoms with E-state index in [0.717, 1.165) is 0 Å². The SMILES string of the molecule is CN1CC(O)CC1=O. The second-order valence-electron chi connectivity index (χ2n) is 2.13. The number of β-amino-alcohol motifs (C(OH)–C–C–N with tert-alkyl or cyclic N) is 1. The van der Waals surface area contributed by atoms with E-state index in [9.17, 15) is 4.79 Å². The van der Waals surface area contributed by atoms with E-state index < -0.39 is 6.10 Å². The third kappa shape index (κ3) is 0.816. The van der Waals surface area contributed by atoms with Gasteiger partial charge in [-0.25, -0.2) is 0 Å². The molecule has 0 saturated carbocycles. The zero-order chi connectivity index (χ0) is 6.15. The molecule has 0 spiro atoms. The first-order valence-electron chi connectivity index (χ1n) is 2.62. The number of aliphatic hydroxyl groups excluding tert-OH is 1. The average Bonchev–Trinajstić information content (AvgIpc) is 1.85. The Kier molecular flexibility index (Phi) is 1.21. The number of amides is 1. The van der Waals surface area contributed by atoms with E-state index >= 15 is 0 Å². The summed E-state index contributed by atoms with van der Waals surface area (Å²) in [6.45, 7) is 0.499. The van der Waals surface area contributed by atoms with Crippen molar-refractivity contribution in [2.75, 3.05) is 13.6 Å². The van der Waals surface area contributed by atoms with Gasteiger partial charge < -0.3 is 10.0 Å². The van der Waals surface area contributed by atoms with Gasteiger partial charge in [-0.05, 0) is 0 Å². The number of hydrogen-bond acceptors (Lipinski definition) is 2. The number of aliphatic hydroxyl groups is 1. The predicted molar refractivity (Wildman–Crippen MR) is 28.3 cm³/mol. The van der Waals surface area contributed by atoms with Crippen LogP contribution in [-0.4, -0.2) is 35.6 Å². The highest BCUT2D eigenvalue weighted by atomic mass is 16.3. The monoisotopic (exact) mass is 115 g/mol. The lowest BCUT2D eigenvalue weighted by molar-refractivity contribution is -0.126. The molecule has 0 aromatic carbocycles. The van der Waals surface area contributed by atoms with Gasteiger partial charge in [0.25, 0.3) is 0 Å². The van der Waals surface area contributed by atoms with E-state index in [1.165, 1.54) is 4.90 Å². The minimum atomic E-state index is -0.424. The average molecular weight is 115 g/mol. The molecule has 1 atom stereocenters. The van der Waals surface area contributed by atoms with Gasteiger partial charge in [-0.3, -0.25) is 4.79 Å². The van der Waals surface area contributed by atoms with Gasteiger partial charge in [0.2, 0.25) is 5.91 Å². The summed E-state index contributed by atoms with van der Waals surface area (Å²) in [6.07, 6.45) is -0.122. The maximum absolute atomic E-state index is 10.6. The van der Waals surface area contributed by atoms with Crippen LogP contribution >= 0.6 is 0 Å². The van der Waals surface area contributed by atoms with Gasteiger partial charge in [0.05, 0.1) is 12.5 Å². The molecule has 1 N–H and O–H groups in total. The normalized spacial score (nSPS) is 29.5. The Morgan fingerprint density at radius 3 is 2.62 bits per heavy atom. The third-order valence-electron chi connectivity index (χ3n) is 1.32. The maximum Gasteiger partial charge on any atom is 0.225 e. The lowest BCUT2D eigenvalue weighted by atomic mass is 10.3. The topological polar surface area (TPSA) is 40.5 Å².